The van der Waals surface area contributed by atoms with E-state index in [9.17, 15) is 5.11 Å². The third-order valence-electron chi connectivity index (χ3n) is 2.90. The summed E-state index contributed by atoms with van der Waals surface area (Å²) >= 11 is 0. The van der Waals surface area contributed by atoms with E-state index < -0.39 is 0 Å². The number of phenols is 1. The van der Waals surface area contributed by atoms with Gasteiger partial charge in [-0.3, -0.25) is 0 Å². The van der Waals surface area contributed by atoms with Gasteiger partial charge in [-0.2, -0.15) is 0 Å². The molecule has 1 N–H and O–H groups in total. The SMILES string of the molecule is Oc1ccc2c(c1)C(C1CC1)OC2. The van der Waals surface area contributed by atoms with E-state index in [2.05, 4.69) is 0 Å². The first-order chi connectivity index (χ1) is 6.34. The van der Waals surface area contributed by atoms with Crippen LogP contribution in [-0.2, 0) is 11.3 Å². The van der Waals surface area contributed by atoms with Crippen LogP contribution in [0.2, 0.25) is 0 Å². The molecule has 0 radical (unpaired) electrons. The number of ether oxygens (including phenoxy) is 1. The highest BCUT2D eigenvalue weighted by Crippen LogP contribution is 2.48. The molecule has 1 aliphatic carbocycles. The highest BCUT2D eigenvalue weighted by molar-refractivity contribution is 5.38. The standard InChI is InChI=1S/C11H12O2/c12-9-4-3-8-6-13-11(7-1-2-7)10(8)5-9/h3-5,7,11-12H,1-2,6H2. The Morgan fingerprint density at radius 3 is 2.92 bits per heavy atom. The van der Waals surface area contributed by atoms with E-state index in [4.69, 9.17) is 4.74 Å². The zero-order valence-corrected chi connectivity index (χ0v) is 7.36. The summed E-state index contributed by atoms with van der Waals surface area (Å²) in [6.45, 7) is 0.719. The Kier molecular flexibility index (Phi) is 1.41. The molecule has 1 heterocycles. The lowest BCUT2D eigenvalue weighted by Gasteiger charge is -2.08. The maximum Gasteiger partial charge on any atom is 0.115 e. The summed E-state index contributed by atoms with van der Waals surface area (Å²) in [4.78, 5) is 0. The predicted molar refractivity (Wildman–Crippen MR) is 48.4 cm³/mol. The zero-order valence-electron chi connectivity index (χ0n) is 7.36. The minimum atomic E-state index is 0.266. The monoisotopic (exact) mass is 176 g/mol. The van der Waals surface area contributed by atoms with Crippen LogP contribution in [0.15, 0.2) is 18.2 Å². The first-order valence-corrected chi connectivity index (χ1v) is 4.78. The second-order valence-electron chi connectivity index (χ2n) is 3.95. The van der Waals surface area contributed by atoms with Crippen molar-refractivity contribution in [2.45, 2.75) is 25.6 Å². The predicted octanol–water partition coefficient (Wildman–Crippen LogP) is 2.37. The van der Waals surface area contributed by atoms with Gasteiger partial charge in [0, 0.05) is 0 Å². The Bertz CT molecular complexity index is 342. The smallest absolute Gasteiger partial charge is 0.115 e. The summed E-state index contributed by atoms with van der Waals surface area (Å²) in [5.41, 5.74) is 2.46. The molecule has 1 fully saturated rings. The van der Waals surface area contributed by atoms with E-state index in [1.54, 1.807) is 6.07 Å². The van der Waals surface area contributed by atoms with E-state index in [1.807, 2.05) is 12.1 Å². The second kappa shape index (κ2) is 2.48. The van der Waals surface area contributed by atoms with E-state index in [0.717, 1.165) is 6.61 Å². The molecule has 1 saturated carbocycles. The third-order valence-corrected chi connectivity index (χ3v) is 2.90. The van der Waals surface area contributed by atoms with Crippen LogP contribution in [0.3, 0.4) is 0 Å². The van der Waals surface area contributed by atoms with Gasteiger partial charge in [0.15, 0.2) is 0 Å². The average Bonchev–Trinajstić information content (AvgIpc) is 2.87. The van der Waals surface area contributed by atoms with Crippen molar-refractivity contribution in [2.24, 2.45) is 5.92 Å². The van der Waals surface area contributed by atoms with Crippen molar-refractivity contribution in [2.75, 3.05) is 0 Å². The molecule has 0 spiro atoms. The molecule has 13 heavy (non-hydrogen) atoms. The fourth-order valence-electron chi connectivity index (χ4n) is 2.04. The molecule has 2 heteroatoms. The molecular weight excluding hydrogens is 164 g/mol. The van der Waals surface area contributed by atoms with E-state index >= 15 is 0 Å². The Labute approximate surface area is 77.2 Å². The maximum absolute atomic E-state index is 9.36. The quantitative estimate of drug-likeness (QED) is 0.711. The van der Waals surface area contributed by atoms with Gasteiger partial charge >= 0.3 is 0 Å². The summed E-state index contributed by atoms with van der Waals surface area (Å²) in [6.07, 6.45) is 2.82. The molecule has 1 aromatic carbocycles. The maximum atomic E-state index is 9.36. The van der Waals surface area contributed by atoms with Crippen molar-refractivity contribution in [3.8, 4) is 5.75 Å². The number of fused-ring (bicyclic) bond motifs is 1. The fourth-order valence-corrected chi connectivity index (χ4v) is 2.04. The number of rotatable bonds is 1. The molecule has 68 valence electrons. The van der Waals surface area contributed by atoms with Crippen LogP contribution in [0.5, 0.6) is 5.75 Å². The molecule has 1 aliphatic heterocycles. The van der Waals surface area contributed by atoms with Gasteiger partial charge in [0.05, 0.1) is 12.7 Å². The number of phenolic OH excluding ortho intramolecular Hbond substituents is 1. The van der Waals surface area contributed by atoms with Crippen molar-refractivity contribution in [1.82, 2.24) is 0 Å². The van der Waals surface area contributed by atoms with Gasteiger partial charge < -0.3 is 9.84 Å². The van der Waals surface area contributed by atoms with Gasteiger partial charge in [-0.1, -0.05) is 6.07 Å². The molecule has 0 amide bonds. The van der Waals surface area contributed by atoms with Crippen molar-refractivity contribution in [3.63, 3.8) is 0 Å². The highest BCUT2D eigenvalue weighted by atomic mass is 16.5. The largest absolute Gasteiger partial charge is 0.508 e. The van der Waals surface area contributed by atoms with Crippen molar-refractivity contribution >= 4 is 0 Å². The van der Waals surface area contributed by atoms with Crippen molar-refractivity contribution in [3.05, 3.63) is 29.3 Å². The summed E-state index contributed by atoms with van der Waals surface area (Å²) in [5, 5.41) is 9.36. The van der Waals surface area contributed by atoms with E-state index in [0.29, 0.717) is 11.7 Å². The lowest BCUT2D eigenvalue weighted by molar-refractivity contribution is 0.0506. The normalized spacial score (nSPS) is 26.0. The van der Waals surface area contributed by atoms with Crippen molar-refractivity contribution < 1.29 is 9.84 Å². The number of hydrogen-bond acceptors (Lipinski definition) is 2. The summed E-state index contributed by atoms with van der Waals surface area (Å²) in [7, 11) is 0. The van der Waals surface area contributed by atoms with Crippen LogP contribution < -0.4 is 0 Å². The van der Waals surface area contributed by atoms with Crippen molar-refractivity contribution in [1.29, 1.82) is 0 Å². The zero-order chi connectivity index (χ0) is 8.84. The number of benzene rings is 1. The fraction of sp³-hybridized carbons (Fsp3) is 0.455. The van der Waals surface area contributed by atoms with Gasteiger partial charge in [0.1, 0.15) is 5.75 Å². The third kappa shape index (κ3) is 1.13. The van der Waals surface area contributed by atoms with Gasteiger partial charge in [-0.25, -0.2) is 0 Å². The van der Waals surface area contributed by atoms with Gasteiger partial charge in [0.2, 0.25) is 0 Å². The number of aromatic hydroxyl groups is 1. The molecule has 1 aromatic rings. The Morgan fingerprint density at radius 1 is 1.31 bits per heavy atom. The van der Waals surface area contributed by atoms with Crippen LogP contribution >= 0.6 is 0 Å². The highest BCUT2D eigenvalue weighted by Gasteiger charge is 2.37. The van der Waals surface area contributed by atoms with E-state index in [1.165, 1.54) is 24.0 Å². The Morgan fingerprint density at radius 2 is 2.15 bits per heavy atom. The second-order valence-corrected chi connectivity index (χ2v) is 3.95. The first kappa shape index (κ1) is 7.39. The minimum Gasteiger partial charge on any atom is -0.508 e. The lowest BCUT2D eigenvalue weighted by atomic mass is 10.0. The molecule has 1 unspecified atom stereocenters. The van der Waals surface area contributed by atoms with Crippen LogP contribution in [0.4, 0.5) is 0 Å². The molecule has 3 rings (SSSR count). The molecular formula is C11H12O2. The Hall–Kier alpha value is -1.02. The molecule has 1 atom stereocenters. The van der Waals surface area contributed by atoms with Gasteiger partial charge in [-0.15, -0.1) is 0 Å². The topological polar surface area (TPSA) is 29.5 Å². The van der Waals surface area contributed by atoms with E-state index in [-0.39, 0.29) is 6.10 Å². The summed E-state index contributed by atoms with van der Waals surface area (Å²) < 4.78 is 5.69. The average molecular weight is 176 g/mol. The molecule has 0 saturated heterocycles. The van der Waals surface area contributed by atoms with Crippen LogP contribution in [0.25, 0.3) is 0 Å². The molecule has 0 aromatic heterocycles. The molecule has 0 bridgehead atoms. The Balaban J connectivity index is 2.03. The molecule has 2 nitrogen and oxygen atoms in total. The summed E-state index contributed by atoms with van der Waals surface area (Å²) in [5.74, 6) is 1.07. The van der Waals surface area contributed by atoms with Crippen LogP contribution in [0, 0.1) is 5.92 Å². The summed E-state index contributed by atoms with van der Waals surface area (Å²) in [6, 6.07) is 5.55. The first-order valence-electron chi connectivity index (χ1n) is 4.78. The molecule has 2 aliphatic rings. The van der Waals surface area contributed by atoms with Gasteiger partial charge in [0.25, 0.3) is 0 Å². The van der Waals surface area contributed by atoms with Crippen LogP contribution in [0.1, 0.15) is 30.1 Å². The lowest BCUT2D eigenvalue weighted by Crippen LogP contribution is -1.97. The van der Waals surface area contributed by atoms with Crippen LogP contribution in [-0.4, -0.2) is 5.11 Å². The number of hydrogen-bond donors (Lipinski definition) is 1. The van der Waals surface area contributed by atoms with Gasteiger partial charge in [-0.05, 0) is 42.0 Å². The minimum absolute atomic E-state index is 0.266.